The Kier molecular flexibility index (Phi) is 4.82. The van der Waals surface area contributed by atoms with Crippen LogP contribution in [0.2, 0.25) is 0 Å². The van der Waals surface area contributed by atoms with E-state index in [0.717, 1.165) is 0 Å². The van der Waals surface area contributed by atoms with Gasteiger partial charge >= 0.3 is 11.9 Å². The molecule has 4 N–H and O–H groups in total. The van der Waals surface area contributed by atoms with Gasteiger partial charge in [0.15, 0.2) is 0 Å². The molecule has 2 atom stereocenters. The van der Waals surface area contributed by atoms with E-state index in [2.05, 4.69) is 9.47 Å². The molecular weight excluding hydrogens is 236 g/mol. The Labute approximate surface area is 105 Å². The van der Waals surface area contributed by atoms with Crippen LogP contribution in [-0.4, -0.2) is 26.2 Å². The molecule has 0 aliphatic heterocycles. The SMILES string of the molecule is COC(=O)C(N)c1ccccc1C(N)C(=O)OC. The molecule has 0 aliphatic rings. The summed E-state index contributed by atoms with van der Waals surface area (Å²) in [7, 11) is 2.48. The number of carbonyl (C=O) groups excluding carboxylic acids is 2. The fourth-order valence-electron chi connectivity index (χ4n) is 1.59. The van der Waals surface area contributed by atoms with Crippen molar-refractivity contribution in [3.8, 4) is 0 Å². The van der Waals surface area contributed by atoms with Gasteiger partial charge in [-0.2, -0.15) is 0 Å². The number of methoxy groups -OCH3 is 2. The summed E-state index contributed by atoms with van der Waals surface area (Å²) in [6.07, 6.45) is 0. The predicted octanol–water partition coefficient (Wildman–Crippen LogP) is 0.0322. The van der Waals surface area contributed by atoms with Crippen molar-refractivity contribution in [3.63, 3.8) is 0 Å². The summed E-state index contributed by atoms with van der Waals surface area (Å²) in [5.41, 5.74) is 12.4. The molecule has 6 nitrogen and oxygen atoms in total. The largest absolute Gasteiger partial charge is 0.468 e. The van der Waals surface area contributed by atoms with Crippen LogP contribution < -0.4 is 11.5 Å². The lowest BCUT2D eigenvalue weighted by atomic mass is 9.96. The van der Waals surface area contributed by atoms with Gasteiger partial charge in [-0.1, -0.05) is 24.3 Å². The maximum Gasteiger partial charge on any atom is 0.327 e. The molecule has 1 aromatic rings. The first-order valence-corrected chi connectivity index (χ1v) is 5.28. The first-order chi connectivity index (χ1) is 8.52. The van der Waals surface area contributed by atoms with Gasteiger partial charge in [0.25, 0.3) is 0 Å². The van der Waals surface area contributed by atoms with E-state index >= 15 is 0 Å². The van der Waals surface area contributed by atoms with Crippen LogP contribution in [0.5, 0.6) is 0 Å². The van der Waals surface area contributed by atoms with Gasteiger partial charge < -0.3 is 20.9 Å². The van der Waals surface area contributed by atoms with Crippen molar-refractivity contribution in [1.29, 1.82) is 0 Å². The zero-order chi connectivity index (χ0) is 13.7. The number of ether oxygens (including phenoxy) is 2. The van der Waals surface area contributed by atoms with Crippen LogP contribution >= 0.6 is 0 Å². The topological polar surface area (TPSA) is 105 Å². The first kappa shape index (κ1) is 14.1. The van der Waals surface area contributed by atoms with Crippen LogP contribution in [0.1, 0.15) is 23.2 Å². The Hall–Kier alpha value is -1.92. The number of carbonyl (C=O) groups is 2. The monoisotopic (exact) mass is 252 g/mol. The Morgan fingerprint density at radius 1 is 0.944 bits per heavy atom. The third-order valence-corrected chi connectivity index (χ3v) is 2.58. The smallest absolute Gasteiger partial charge is 0.327 e. The quantitative estimate of drug-likeness (QED) is 0.733. The summed E-state index contributed by atoms with van der Waals surface area (Å²) in [6.45, 7) is 0. The van der Waals surface area contributed by atoms with E-state index in [-0.39, 0.29) is 0 Å². The molecule has 98 valence electrons. The summed E-state index contributed by atoms with van der Waals surface area (Å²) in [5, 5.41) is 0. The van der Waals surface area contributed by atoms with E-state index < -0.39 is 24.0 Å². The molecule has 2 unspecified atom stereocenters. The summed E-state index contributed by atoms with van der Waals surface area (Å²) < 4.78 is 9.13. The Balaban J connectivity index is 3.14. The molecule has 0 saturated heterocycles. The molecule has 6 heteroatoms. The number of esters is 2. The van der Waals surface area contributed by atoms with Gasteiger partial charge in [-0.15, -0.1) is 0 Å². The highest BCUT2D eigenvalue weighted by atomic mass is 16.5. The third kappa shape index (κ3) is 2.85. The van der Waals surface area contributed by atoms with E-state index in [1.165, 1.54) is 14.2 Å². The van der Waals surface area contributed by atoms with Crippen molar-refractivity contribution in [1.82, 2.24) is 0 Å². The molecule has 0 aliphatic carbocycles. The lowest BCUT2D eigenvalue weighted by molar-refractivity contribution is -0.143. The summed E-state index contributed by atoms with van der Waals surface area (Å²) in [5.74, 6) is -1.20. The predicted molar refractivity (Wildman–Crippen MR) is 64.3 cm³/mol. The number of nitrogens with two attached hydrogens (primary N) is 2. The summed E-state index contributed by atoms with van der Waals surface area (Å²) in [4.78, 5) is 22.8. The Morgan fingerprint density at radius 3 is 1.56 bits per heavy atom. The second-order valence-electron chi connectivity index (χ2n) is 3.63. The van der Waals surface area contributed by atoms with E-state index in [0.29, 0.717) is 11.1 Å². The normalized spacial score (nSPS) is 13.6. The molecule has 0 spiro atoms. The molecule has 0 fully saturated rings. The maximum absolute atomic E-state index is 11.4. The highest BCUT2D eigenvalue weighted by Gasteiger charge is 2.25. The van der Waals surface area contributed by atoms with Crippen molar-refractivity contribution >= 4 is 11.9 Å². The lowest BCUT2D eigenvalue weighted by Crippen LogP contribution is -2.29. The van der Waals surface area contributed by atoms with Crippen molar-refractivity contribution < 1.29 is 19.1 Å². The van der Waals surface area contributed by atoms with E-state index in [4.69, 9.17) is 11.5 Å². The molecule has 0 bridgehead atoms. The van der Waals surface area contributed by atoms with Crippen molar-refractivity contribution in [3.05, 3.63) is 35.4 Å². The van der Waals surface area contributed by atoms with Gasteiger partial charge in [0.05, 0.1) is 14.2 Å². The minimum Gasteiger partial charge on any atom is -0.468 e. The fourth-order valence-corrected chi connectivity index (χ4v) is 1.59. The average Bonchev–Trinajstić information content (AvgIpc) is 2.43. The molecule has 0 amide bonds. The molecule has 0 heterocycles. The minimum atomic E-state index is -0.984. The van der Waals surface area contributed by atoms with Gasteiger partial charge in [-0.3, -0.25) is 9.59 Å². The standard InChI is InChI=1S/C12H16N2O4/c1-17-11(15)9(13)7-5-3-4-6-8(7)10(14)12(16)18-2/h3-6,9-10H,13-14H2,1-2H3. The third-order valence-electron chi connectivity index (χ3n) is 2.58. The van der Waals surface area contributed by atoms with Crippen LogP contribution in [0.3, 0.4) is 0 Å². The minimum absolute atomic E-state index is 0.447. The Morgan fingerprint density at radius 2 is 1.28 bits per heavy atom. The molecule has 18 heavy (non-hydrogen) atoms. The highest BCUT2D eigenvalue weighted by molar-refractivity contribution is 5.81. The molecule has 0 aromatic heterocycles. The van der Waals surface area contributed by atoms with Crippen LogP contribution in [0, 0.1) is 0 Å². The fraction of sp³-hybridized carbons (Fsp3) is 0.333. The van der Waals surface area contributed by atoms with Crippen LogP contribution in [0.15, 0.2) is 24.3 Å². The zero-order valence-electron chi connectivity index (χ0n) is 10.3. The van der Waals surface area contributed by atoms with E-state index in [1.807, 2.05) is 0 Å². The van der Waals surface area contributed by atoms with Crippen LogP contribution in [0.25, 0.3) is 0 Å². The lowest BCUT2D eigenvalue weighted by Gasteiger charge is -2.17. The van der Waals surface area contributed by atoms with Crippen molar-refractivity contribution in [2.24, 2.45) is 11.5 Å². The van der Waals surface area contributed by atoms with Gasteiger partial charge in [0.2, 0.25) is 0 Å². The van der Waals surface area contributed by atoms with Crippen LogP contribution in [-0.2, 0) is 19.1 Å². The van der Waals surface area contributed by atoms with Crippen LogP contribution in [0.4, 0.5) is 0 Å². The van der Waals surface area contributed by atoms with Crippen molar-refractivity contribution in [2.45, 2.75) is 12.1 Å². The number of rotatable bonds is 4. The summed E-state index contributed by atoms with van der Waals surface area (Å²) >= 11 is 0. The molecule has 1 aromatic carbocycles. The average molecular weight is 252 g/mol. The number of hydrogen-bond acceptors (Lipinski definition) is 6. The molecule has 0 saturated carbocycles. The summed E-state index contributed by atoms with van der Waals surface area (Å²) in [6, 6.07) is 4.68. The number of benzene rings is 1. The van der Waals surface area contributed by atoms with E-state index in [1.54, 1.807) is 24.3 Å². The first-order valence-electron chi connectivity index (χ1n) is 5.28. The van der Waals surface area contributed by atoms with Gasteiger partial charge in [-0.25, -0.2) is 0 Å². The van der Waals surface area contributed by atoms with Gasteiger partial charge in [0.1, 0.15) is 12.1 Å². The van der Waals surface area contributed by atoms with Gasteiger partial charge in [-0.05, 0) is 11.1 Å². The number of hydrogen-bond donors (Lipinski definition) is 2. The Bertz CT molecular complexity index is 406. The van der Waals surface area contributed by atoms with Crippen molar-refractivity contribution in [2.75, 3.05) is 14.2 Å². The molecular formula is C12H16N2O4. The molecule has 0 radical (unpaired) electrons. The molecule has 1 rings (SSSR count). The highest BCUT2D eigenvalue weighted by Crippen LogP contribution is 2.22. The second-order valence-corrected chi connectivity index (χ2v) is 3.63. The van der Waals surface area contributed by atoms with E-state index in [9.17, 15) is 9.59 Å². The maximum atomic E-state index is 11.4. The van der Waals surface area contributed by atoms with Gasteiger partial charge in [0, 0.05) is 0 Å². The second kappa shape index (κ2) is 6.13. The zero-order valence-corrected chi connectivity index (χ0v) is 10.3.